The number of allylic oxidation sites excluding steroid dienone is 2. The van der Waals surface area contributed by atoms with Crippen LogP contribution in [0.25, 0.3) is 0 Å². The van der Waals surface area contributed by atoms with E-state index in [9.17, 15) is 0 Å². The highest BCUT2D eigenvalue weighted by Gasteiger charge is 2.13. The van der Waals surface area contributed by atoms with E-state index < -0.39 is 0 Å². The van der Waals surface area contributed by atoms with Crippen LogP contribution in [0.15, 0.2) is 25.3 Å². The number of rotatable bonds is 14. The van der Waals surface area contributed by atoms with Gasteiger partial charge in [-0.15, -0.1) is 13.2 Å². The predicted molar refractivity (Wildman–Crippen MR) is 88.4 cm³/mol. The van der Waals surface area contributed by atoms with Crippen molar-refractivity contribution >= 4 is 0 Å². The van der Waals surface area contributed by atoms with E-state index in [1.165, 1.54) is 81.8 Å². The second-order valence-corrected chi connectivity index (χ2v) is 6.37. The Kier molecular flexibility index (Phi) is 12.1. The normalized spacial score (nSPS) is 11.5. The van der Waals surface area contributed by atoms with Crippen LogP contribution in [0.5, 0.6) is 0 Å². The minimum Gasteiger partial charge on any atom is -0.328 e. The van der Waals surface area contributed by atoms with Crippen LogP contribution in [0.1, 0.15) is 64.2 Å². The molecule has 0 N–H and O–H groups in total. The summed E-state index contributed by atoms with van der Waals surface area (Å²) in [6.07, 6.45) is 17.3. The third-order valence-corrected chi connectivity index (χ3v) is 3.84. The zero-order valence-corrected chi connectivity index (χ0v) is 13.5. The second-order valence-electron chi connectivity index (χ2n) is 6.37. The largest absolute Gasteiger partial charge is 0.328 e. The van der Waals surface area contributed by atoms with Crippen LogP contribution in [-0.4, -0.2) is 31.7 Å². The van der Waals surface area contributed by atoms with Gasteiger partial charge in [0, 0.05) is 0 Å². The summed E-state index contributed by atoms with van der Waals surface area (Å²) < 4.78 is 1.20. The Morgan fingerprint density at radius 1 is 0.632 bits per heavy atom. The highest BCUT2D eigenvalue weighted by Crippen LogP contribution is 2.10. The van der Waals surface area contributed by atoms with Gasteiger partial charge in [0.15, 0.2) is 0 Å². The van der Waals surface area contributed by atoms with Crippen LogP contribution in [0.4, 0.5) is 0 Å². The smallest absolute Gasteiger partial charge is 0.0782 e. The second kappa shape index (κ2) is 12.5. The molecule has 0 aromatic heterocycles. The molecule has 0 unspecified atom stereocenters. The standard InChI is InChI=1S/C18H36N/c1-5-7-9-11-13-15-17-19(3,4)18-16-14-12-10-8-6-2/h5-6H,1-2,7-18H2,3-4H3/q+1. The van der Waals surface area contributed by atoms with E-state index in [4.69, 9.17) is 0 Å². The molecular weight excluding hydrogens is 230 g/mol. The van der Waals surface area contributed by atoms with Gasteiger partial charge in [-0.25, -0.2) is 0 Å². The van der Waals surface area contributed by atoms with E-state index in [0.717, 1.165) is 0 Å². The minimum absolute atomic E-state index is 1.18. The molecule has 0 bridgehead atoms. The fourth-order valence-corrected chi connectivity index (χ4v) is 2.48. The molecule has 0 aliphatic rings. The molecule has 1 heteroatoms. The summed E-state index contributed by atoms with van der Waals surface area (Å²) in [6, 6.07) is 0. The molecule has 1 nitrogen and oxygen atoms in total. The molecule has 0 heterocycles. The lowest BCUT2D eigenvalue weighted by molar-refractivity contribution is -0.890. The number of hydrogen-bond acceptors (Lipinski definition) is 0. The lowest BCUT2D eigenvalue weighted by atomic mass is 10.1. The van der Waals surface area contributed by atoms with E-state index in [-0.39, 0.29) is 0 Å². The fraction of sp³-hybridized carbons (Fsp3) is 0.778. The van der Waals surface area contributed by atoms with E-state index in [0.29, 0.717) is 0 Å². The Morgan fingerprint density at radius 3 is 1.37 bits per heavy atom. The molecule has 0 rings (SSSR count). The van der Waals surface area contributed by atoms with Gasteiger partial charge in [0.05, 0.1) is 27.2 Å². The number of unbranched alkanes of at least 4 members (excludes halogenated alkanes) is 8. The van der Waals surface area contributed by atoms with Gasteiger partial charge < -0.3 is 4.48 Å². The number of hydrogen-bond donors (Lipinski definition) is 0. The fourth-order valence-electron chi connectivity index (χ4n) is 2.48. The number of quaternary nitrogens is 1. The summed E-state index contributed by atoms with van der Waals surface area (Å²) >= 11 is 0. The lowest BCUT2D eigenvalue weighted by Gasteiger charge is -2.30. The number of nitrogens with zero attached hydrogens (tertiary/aromatic N) is 1. The first-order valence-electron chi connectivity index (χ1n) is 8.16. The lowest BCUT2D eigenvalue weighted by Crippen LogP contribution is -2.41. The average molecular weight is 266 g/mol. The van der Waals surface area contributed by atoms with Crippen molar-refractivity contribution in [2.75, 3.05) is 27.2 Å². The average Bonchev–Trinajstić information content (AvgIpc) is 2.38. The molecule has 0 atom stereocenters. The van der Waals surface area contributed by atoms with Gasteiger partial charge in [0.25, 0.3) is 0 Å². The topological polar surface area (TPSA) is 0 Å². The molecule has 0 aliphatic carbocycles. The zero-order valence-electron chi connectivity index (χ0n) is 13.5. The van der Waals surface area contributed by atoms with E-state index >= 15 is 0 Å². The monoisotopic (exact) mass is 266 g/mol. The first kappa shape index (κ1) is 18.4. The Morgan fingerprint density at radius 2 is 1.00 bits per heavy atom. The van der Waals surface area contributed by atoms with Gasteiger partial charge in [-0.2, -0.15) is 0 Å². The van der Waals surface area contributed by atoms with Gasteiger partial charge in [-0.05, 0) is 51.4 Å². The van der Waals surface area contributed by atoms with Crippen LogP contribution in [0.3, 0.4) is 0 Å². The van der Waals surface area contributed by atoms with Crippen molar-refractivity contribution in [3.63, 3.8) is 0 Å². The molecule has 0 aromatic carbocycles. The van der Waals surface area contributed by atoms with Gasteiger partial charge >= 0.3 is 0 Å². The Hall–Kier alpha value is -0.560. The summed E-state index contributed by atoms with van der Waals surface area (Å²) in [5.74, 6) is 0. The van der Waals surface area contributed by atoms with Crippen LogP contribution < -0.4 is 0 Å². The summed E-state index contributed by atoms with van der Waals surface area (Å²) in [5.41, 5.74) is 0. The van der Waals surface area contributed by atoms with Gasteiger partial charge in [-0.1, -0.05) is 25.0 Å². The van der Waals surface area contributed by atoms with Crippen molar-refractivity contribution < 1.29 is 4.48 Å². The maximum absolute atomic E-state index is 3.77. The molecule has 0 amide bonds. The predicted octanol–water partition coefficient (Wildman–Crippen LogP) is 5.34. The van der Waals surface area contributed by atoms with Crippen molar-refractivity contribution in [2.45, 2.75) is 64.2 Å². The van der Waals surface area contributed by atoms with Gasteiger partial charge in [0.2, 0.25) is 0 Å². The first-order chi connectivity index (χ1) is 9.12. The molecular formula is C18H36N+. The van der Waals surface area contributed by atoms with Gasteiger partial charge in [-0.3, -0.25) is 0 Å². The Bertz CT molecular complexity index is 196. The van der Waals surface area contributed by atoms with Crippen molar-refractivity contribution in [1.29, 1.82) is 0 Å². The summed E-state index contributed by atoms with van der Waals surface area (Å²) in [7, 11) is 4.76. The summed E-state index contributed by atoms with van der Waals surface area (Å²) in [4.78, 5) is 0. The molecule has 19 heavy (non-hydrogen) atoms. The molecule has 0 aromatic rings. The molecule has 0 radical (unpaired) electrons. The van der Waals surface area contributed by atoms with Crippen LogP contribution in [-0.2, 0) is 0 Å². The molecule has 0 fully saturated rings. The van der Waals surface area contributed by atoms with Crippen molar-refractivity contribution in [3.05, 3.63) is 25.3 Å². The Balaban J connectivity index is 3.41. The third-order valence-electron chi connectivity index (χ3n) is 3.84. The Labute approximate surface area is 122 Å². The van der Waals surface area contributed by atoms with Crippen LogP contribution in [0, 0.1) is 0 Å². The maximum Gasteiger partial charge on any atom is 0.0782 e. The minimum atomic E-state index is 1.18. The summed E-state index contributed by atoms with van der Waals surface area (Å²) in [6.45, 7) is 10.2. The van der Waals surface area contributed by atoms with Gasteiger partial charge in [0.1, 0.15) is 0 Å². The van der Waals surface area contributed by atoms with Crippen molar-refractivity contribution in [1.82, 2.24) is 0 Å². The zero-order chi connectivity index (χ0) is 14.4. The quantitative estimate of drug-likeness (QED) is 0.226. The maximum atomic E-state index is 3.77. The molecule has 112 valence electrons. The van der Waals surface area contributed by atoms with Crippen molar-refractivity contribution in [2.24, 2.45) is 0 Å². The molecule has 0 saturated heterocycles. The van der Waals surface area contributed by atoms with Crippen LogP contribution >= 0.6 is 0 Å². The molecule has 0 saturated carbocycles. The molecule has 0 spiro atoms. The van der Waals surface area contributed by atoms with E-state index in [1.807, 2.05) is 12.2 Å². The highest BCUT2D eigenvalue weighted by molar-refractivity contribution is 4.65. The first-order valence-corrected chi connectivity index (χ1v) is 8.16. The van der Waals surface area contributed by atoms with Crippen LogP contribution in [0.2, 0.25) is 0 Å². The van der Waals surface area contributed by atoms with Crippen molar-refractivity contribution in [3.8, 4) is 0 Å². The summed E-state index contributed by atoms with van der Waals surface area (Å²) in [5, 5.41) is 0. The molecule has 0 aliphatic heterocycles. The third kappa shape index (κ3) is 13.7. The van der Waals surface area contributed by atoms with E-state index in [2.05, 4.69) is 27.3 Å². The highest BCUT2D eigenvalue weighted by atomic mass is 15.3. The SMILES string of the molecule is C=CCCCCCC[N+](C)(C)CCCCCCC=C. The van der Waals surface area contributed by atoms with E-state index in [1.54, 1.807) is 0 Å².